The number of benzene rings is 1. The predicted molar refractivity (Wildman–Crippen MR) is 48.7 cm³/mol. The van der Waals surface area contributed by atoms with Gasteiger partial charge in [0.1, 0.15) is 5.82 Å². The topological polar surface area (TPSA) is 78.3 Å². The molecule has 1 rings (SSSR count). The molecule has 0 saturated carbocycles. The van der Waals surface area contributed by atoms with Crippen molar-refractivity contribution in [2.45, 2.75) is 0 Å². The molecule has 0 saturated heterocycles. The minimum atomic E-state index is -1.03. The molecule has 1 aromatic carbocycles. The van der Waals surface area contributed by atoms with Gasteiger partial charge in [0.15, 0.2) is 5.75 Å². The summed E-state index contributed by atoms with van der Waals surface area (Å²) < 4.78 is 17.5. The van der Waals surface area contributed by atoms with Crippen molar-refractivity contribution in [2.24, 2.45) is 5.73 Å². The molecule has 0 bridgehead atoms. The van der Waals surface area contributed by atoms with E-state index in [1.165, 1.54) is 6.07 Å². The van der Waals surface area contributed by atoms with Crippen LogP contribution >= 0.6 is 15.9 Å². The van der Waals surface area contributed by atoms with Crippen molar-refractivity contribution in [1.29, 1.82) is 0 Å². The van der Waals surface area contributed by atoms with E-state index in [1.807, 2.05) is 0 Å². The molecule has 13 heavy (non-hydrogen) atoms. The quantitative estimate of drug-likeness (QED) is 0.742. The number of carbonyl (C=O) groups is 1. The monoisotopic (exact) mass is 248 g/mol. The summed E-state index contributed by atoms with van der Waals surface area (Å²) in [5.74, 6) is -0.668. The van der Waals surface area contributed by atoms with Gasteiger partial charge in [-0.2, -0.15) is 0 Å². The Kier molecular flexibility index (Phi) is 2.72. The Labute approximate surface area is 81.8 Å². The zero-order valence-corrected chi connectivity index (χ0v) is 7.97. The third-order valence-electron chi connectivity index (χ3n) is 1.26. The van der Waals surface area contributed by atoms with Gasteiger partial charge in [0.2, 0.25) is 0 Å². The van der Waals surface area contributed by atoms with Gasteiger partial charge in [-0.3, -0.25) is 0 Å². The van der Waals surface area contributed by atoms with Crippen LogP contribution in [-0.2, 0) is 0 Å². The van der Waals surface area contributed by atoms with Crippen LogP contribution in [0, 0.1) is 5.82 Å². The molecule has 0 heterocycles. The van der Waals surface area contributed by atoms with Crippen LogP contribution in [0.25, 0.3) is 0 Å². The van der Waals surface area contributed by atoms with Crippen molar-refractivity contribution in [3.05, 3.63) is 22.4 Å². The van der Waals surface area contributed by atoms with E-state index in [0.717, 1.165) is 6.07 Å². The first-order chi connectivity index (χ1) is 6.00. The van der Waals surface area contributed by atoms with E-state index in [0.29, 0.717) is 0 Å². The number of nitrogens with two attached hydrogens (primary N) is 2. The minimum absolute atomic E-state index is 0.0896. The molecule has 4 nitrogen and oxygen atoms in total. The number of amides is 1. The second-order valence-electron chi connectivity index (χ2n) is 2.23. The lowest BCUT2D eigenvalue weighted by molar-refractivity contribution is 0.211. The average Bonchev–Trinajstić information content (AvgIpc) is 1.99. The third-order valence-corrected chi connectivity index (χ3v) is 1.87. The Balaban J connectivity index is 3.08. The van der Waals surface area contributed by atoms with Crippen molar-refractivity contribution in [3.8, 4) is 5.75 Å². The van der Waals surface area contributed by atoms with Crippen molar-refractivity contribution in [2.75, 3.05) is 5.73 Å². The zero-order chi connectivity index (χ0) is 10.0. The second-order valence-corrected chi connectivity index (χ2v) is 3.08. The largest absolute Gasteiger partial charge is 0.410 e. The van der Waals surface area contributed by atoms with E-state index < -0.39 is 11.9 Å². The van der Waals surface area contributed by atoms with Crippen molar-refractivity contribution in [1.82, 2.24) is 0 Å². The molecule has 0 radical (unpaired) electrons. The molecule has 0 spiro atoms. The highest BCUT2D eigenvalue weighted by atomic mass is 79.9. The molecule has 0 aliphatic heterocycles. The first-order valence-corrected chi connectivity index (χ1v) is 4.02. The Morgan fingerprint density at radius 2 is 2.15 bits per heavy atom. The lowest BCUT2D eigenvalue weighted by Gasteiger charge is -2.05. The Morgan fingerprint density at radius 1 is 1.54 bits per heavy atom. The van der Waals surface area contributed by atoms with Gasteiger partial charge in [0.25, 0.3) is 0 Å². The van der Waals surface area contributed by atoms with E-state index in [1.54, 1.807) is 0 Å². The van der Waals surface area contributed by atoms with Gasteiger partial charge < -0.3 is 16.2 Å². The highest BCUT2D eigenvalue weighted by Gasteiger charge is 2.08. The summed E-state index contributed by atoms with van der Waals surface area (Å²) in [6, 6.07) is 2.26. The van der Waals surface area contributed by atoms with Crippen LogP contribution in [0.5, 0.6) is 5.75 Å². The van der Waals surface area contributed by atoms with Crippen LogP contribution in [0.4, 0.5) is 14.9 Å². The summed E-state index contributed by atoms with van der Waals surface area (Å²) in [5.41, 5.74) is 10.3. The second kappa shape index (κ2) is 3.61. The molecule has 0 unspecified atom stereocenters. The normalized spacial score (nSPS) is 9.69. The van der Waals surface area contributed by atoms with Crippen LogP contribution in [0.3, 0.4) is 0 Å². The molecular formula is C7H6BrFN2O2. The van der Waals surface area contributed by atoms with Gasteiger partial charge in [-0.05, 0) is 22.0 Å². The summed E-state index contributed by atoms with van der Waals surface area (Å²) in [7, 11) is 0. The van der Waals surface area contributed by atoms with Crippen LogP contribution in [-0.4, -0.2) is 6.09 Å². The number of hydrogen-bond donors (Lipinski definition) is 2. The number of halogens is 2. The lowest BCUT2D eigenvalue weighted by Crippen LogP contribution is -2.17. The molecule has 0 aliphatic carbocycles. The maximum Gasteiger partial charge on any atom is 0.410 e. The molecular weight excluding hydrogens is 243 g/mol. The van der Waals surface area contributed by atoms with Gasteiger partial charge >= 0.3 is 6.09 Å². The summed E-state index contributed by atoms with van der Waals surface area (Å²) in [6.07, 6.45) is -1.03. The van der Waals surface area contributed by atoms with Crippen LogP contribution in [0.1, 0.15) is 0 Å². The van der Waals surface area contributed by atoms with Crippen molar-refractivity contribution >= 4 is 27.7 Å². The number of ether oxygens (including phenoxy) is 1. The number of primary amides is 1. The fraction of sp³-hybridized carbons (Fsp3) is 0. The highest BCUT2D eigenvalue weighted by molar-refractivity contribution is 9.10. The number of nitrogen functional groups attached to an aromatic ring is 1. The summed E-state index contributed by atoms with van der Waals surface area (Å²) in [6.45, 7) is 0. The van der Waals surface area contributed by atoms with E-state index in [-0.39, 0.29) is 15.9 Å². The third kappa shape index (κ3) is 2.32. The van der Waals surface area contributed by atoms with E-state index in [4.69, 9.17) is 11.5 Å². The molecule has 0 aliphatic rings. The smallest absolute Gasteiger partial charge is 0.408 e. The molecule has 1 amide bonds. The molecule has 4 N–H and O–H groups in total. The Hall–Kier alpha value is -1.30. The Morgan fingerprint density at radius 3 is 2.69 bits per heavy atom. The van der Waals surface area contributed by atoms with Crippen molar-refractivity contribution < 1.29 is 13.9 Å². The predicted octanol–water partition coefficient (Wildman–Crippen LogP) is 1.63. The van der Waals surface area contributed by atoms with Gasteiger partial charge in [-0.15, -0.1) is 0 Å². The average molecular weight is 249 g/mol. The first-order valence-electron chi connectivity index (χ1n) is 3.22. The number of hydrogen-bond acceptors (Lipinski definition) is 3. The maximum absolute atomic E-state index is 12.9. The van der Waals surface area contributed by atoms with Crippen molar-refractivity contribution in [3.63, 3.8) is 0 Å². The SMILES string of the molecule is NC(=O)Oc1cc(F)c(Br)cc1N. The van der Waals surface area contributed by atoms with Gasteiger partial charge in [0.05, 0.1) is 10.2 Å². The fourth-order valence-electron chi connectivity index (χ4n) is 0.741. The summed E-state index contributed by atoms with van der Waals surface area (Å²) in [5, 5.41) is 0. The lowest BCUT2D eigenvalue weighted by atomic mass is 10.3. The van der Waals surface area contributed by atoms with E-state index in [9.17, 15) is 9.18 Å². The fourth-order valence-corrected chi connectivity index (χ4v) is 1.10. The molecule has 0 fully saturated rings. The van der Waals surface area contributed by atoms with E-state index in [2.05, 4.69) is 20.7 Å². The Bertz CT molecular complexity index is 357. The maximum atomic E-state index is 12.9. The molecule has 0 atom stereocenters. The first kappa shape index (κ1) is 9.79. The zero-order valence-electron chi connectivity index (χ0n) is 6.38. The van der Waals surface area contributed by atoms with Crippen LogP contribution in [0.2, 0.25) is 0 Å². The molecule has 70 valence electrons. The standard InChI is InChI=1S/C7H6BrFN2O2/c8-3-1-5(10)6(2-4(3)9)13-7(11)12/h1-2H,10H2,(H2,11,12). The van der Waals surface area contributed by atoms with Crippen LogP contribution in [0.15, 0.2) is 16.6 Å². The van der Waals surface area contributed by atoms with Crippen LogP contribution < -0.4 is 16.2 Å². The number of rotatable bonds is 1. The summed E-state index contributed by atoms with van der Waals surface area (Å²) in [4.78, 5) is 10.3. The summed E-state index contributed by atoms with van der Waals surface area (Å²) >= 11 is 2.92. The van der Waals surface area contributed by atoms with E-state index >= 15 is 0 Å². The van der Waals surface area contributed by atoms with Gasteiger partial charge in [-0.1, -0.05) is 0 Å². The number of carbonyl (C=O) groups excluding carboxylic acids is 1. The van der Waals surface area contributed by atoms with Gasteiger partial charge in [-0.25, -0.2) is 9.18 Å². The number of anilines is 1. The molecule has 0 aromatic heterocycles. The molecule has 6 heteroatoms. The minimum Gasteiger partial charge on any atom is -0.408 e. The molecule has 1 aromatic rings. The van der Waals surface area contributed by atoms with Gasteiger partial charge in [0, 0.05) is 6.07 Å². The highest BCUT2D eigenvalue weighted by Crippen LogP contribution is 2.28.